The van der Waals surface area contributed by atoms with E-state index in [0.717, 1.165) is 54.1 Å². The van der Waals surface area contributed by atoms with Gasteiger partial charge in [0.05, 0.1) is 14.7 Å². The molecule has 0 atom stereocenters. The third-order valence-corrected chi connectivity index (χ3v) is 6.65. The van der Waals surface area contributed by atoms with Gasteiger partial charge in [0.1, 0.15) is 13.2 Å². The van der Waals surface area contributed by atoms with E-state index in [0.29, 0.717) is 29.5 Å². The van der Waals surface area contributed by atoms with Gasteiger partial charge in [-0.25, -0.2) is 0 Å². The van der Waals surface area contributed by atoms with Crippen LogP contribution in [0.4, 0.5) is 5.69 Å². The van der Waals surface area contributed by atoms with Crippen LogP contribution in [0.3, 0.4) is 0 Å². The lowest BCUT2D eigenvalue weighted by Gasteiger charge is -2.31. The van der Waals surface area contributed by atoms with Gasteiger partial charge >= 0.3 is 0 Å². The van der Waals surface area contributed by atoms with E-state index >= 15 is 0 Å². The summed E-state index contributed by atoms with van der Waals surface area (Å²) in [6.07, 6.45) is 4.18. The molecule has 0 unspecified atom stereocenters. The van der Waals surface area contributed by atoms with Crippen LogP contribution in [0, 0.1) is 17.0 Å². The van der Waals surface area contributed by atoms with Crippen molar-refractivity contribution < 1.29 is 19.2 Å². The van der Waals surface area contributed by atoms with E-state index in [1.54, 1.807) is 6.92 Å². The first-order valence-corrected chi connectivity index (χ1v) is 10.2. The molecule has 28 heavy (non-hydrogen) atoms. The summed E-state index contributed by atoms with van der Waals surface area (Å²) in [7, 11) is 0. The maximum atomic E-state index is 12.6. The zero-order chi connectivity index (χ0) is 19.7. The molecule has 1 aromatic carbocycles. The van der Waals surface area contributed by atoms with Crippen LogP contribution in [0.1, 0.15) is 45.8 Å². The van der Waals surface area contributed by atoms with Crippen LogP contribution in [0.15, 0.2) is 24.3 Å². The van der Waals surface area contributed by atoms with Crippen LogP contribution in [-0.2, 0) is 5.41 Å². The van der Waals surface area contributed by atoms with Crippen molar-refractivity contribution in [2.24, 2.45) is 0 Å². The van der Waals surface area contributed by atoms with Crippen LogP contribution < -0.4 is 14.8 Å². The minimum atomic E-state index is -0.448. The maximum Gasteiger partial charge on any atom is 0.283 e. The topological polar surface area (TPSA) is 90.7 Å². The van der Waals surface area contributed by atoms with Gasteiger partial charge in [0.25, 0.3) is 11.6 Å². The Hall–Kier alpha value is -2.61. The molecule has 148 valence electrons. The molecule has 1 aromatic heterocycles. The zero-order valence-corrected chi connectivity index (χ0v) is 16.5. The minimum absolute atomic E-state index is 0.00225. The standard InChI is InChI=1S/C20H22N2O5S/c1-13-15(22(24)25)11-18(28-13)19(23)21-12-20(6-2-3-7-20)14-4-5-16-17(10-14)27-9-8-26-16/h4-5,10-11H,2-3,6-9,12H2,1H3,(H,21,23). The lowest BCUT2D eigenvalue weighted by molar-refractivity contribution is -0.385. The molecular weight excluding hydrogens is 380 g/mol. The molecule has 1 aliphatic carbocycles. The summed E-state index contributed by atoms with van der Waals surface area (Å²) in [5, 5.41) is 14.1. The highest BCUT2D eigenvalue weighted by Gasteiger charge is 2.37. The number of aryl methyl sites for hydroxylation is 1. The van der Waals surface area contributed by atoms with Crippen molar-refractivity contribution in [2.75, 3.05) is 19.8 Å². The Morgan fingerprint density at radius 3 is 2.61 bits per heavy atom. The number of nitro groups is 1. The Kier molecular flexibility index (Phi) is 4.97. The Labute approximate surface area is 166 Å². The fourth-order valence-corrected chi connectivity index (χ4v) is 5.00. The van der Waals surface area contributed by atoms with Gasteiger partial charge in [0.2, 0.25) is 0 Å². The van der Waals surface area contributed by atoms with E-state index in [1.165, 1.54) is 6.07 Å². The summed E-state index contributed by atoms with van der Waals surface area (Å²) >= 11 is 1.16. The average molecular weight is 402 g/mol. The van der Waals surface area contributed by atoms with Gasteiger partial charge in [0.15, 0.2) is 11.5 Å². The van der Waals surface area contributed by atoms with Gasteiger partial charge in [-0.2, -0.15) is 0 Å². The molecule has 2 aliphatic rings. The molecule has 7 nitrogen and oxygen atoms in total. The Morgan fingerprint density at radius 2 is 1.93 bits per heavy atom. The third-order valence-electron chi connectivity index (χ3n) is 5.61. The molecule has 0 bridgehead atoms. The smallest absolute Gasteiger partial charge is 0.283 e. The van der Waals surface area contributed by atoms with Crippen LogP contribution >= 0.6 is 11.3 Å². The van der Waals surface area contributed by atoms with Gasteiger partial charge in [-0.1, -0.05) is 18.9 Å². The Morgan fingerprint density at radius 1 is 1.21 bits per heavy atom. The molecule has 0 spiro atoms. The molecule has 2 heterocycles. The molecule has 1 aliphatic heterocycles. The monoisotopic (exact) mass is 402 g/mol. The number of nitrogens with one attached hydrogen (secondary N) is 1. The van der Waals surface area contributed by atoms with Crippen LogP contribution in [0.25, 0.3) is 0 Å². The van der Waals surface area contributed by atoms with Gasteiger partial charge in [-0.15, -0.1) is 11.3 Å². The van der Waals surface area contributed by atoms with Crippen molar-refractivity contribution in [2.45, 2.75) is 38.0 Å². The molecular formula is C20H22N2O5S. The second kappa shape index (κ2) is 7.43. The lowest BCUT2D eigenvalue weighted by Crippen LogP contribution is -2.38. The minimum Gasteiger partial charge on any atom is -0.486 e. The molecule has 0 saturated heterocycles. The first kappa shape index (κ1) is 18.7. The van der Waals surface area contributed by atoms with Crippen molar-refractivity contribution in [3.63, 3.8) is 0 Å². The van der Waals surface area contributed by atoms with Gasteiger partial charge < -0.3 is 14.8 Å². The zero-order valence-electron chi connectivity index (χ0n) is 15.7. The normalized spacial score (nSPS) is 17.3. The molecule has 1 N–H and O–H groups in total. The number of carbonyl (C=O) groups excluding carboxylic acids is 1. The molecule has 8 heteroatoms. The number of rotatable bonds is 5. The van der Waals surface area contributed by atoms with Crippen LogP contribution in [0.5, 0.6) is 11.5 Å². The number of carbonyl (C=O) groups is 1. The number of hydrogen-bond donors (Lipinski definition) is 1. The number of hydrogen-bond acceptors (Lipinski definition) is 6. The maximum absolute atomic E-state index is 12.6. The first-order valence-electron chi connectivity index (χ1n) is 9.42. The molecule has 1 saturated carbocycles. The van der Waals surface area contributed by atoms with E-state index in [9.17, 15) is 14.9 Å². The molecule has 4 rings (SSSR count). The highest BCUT2D eigenvalue weighted by molar-refractivity contribution is 7.14. The predicted octanol–water partition coefficient (Wildman–Crippen LogP) is 3.98. The van der Waals surface area contributed by atoms with Crippen molar-refractivity contribution in [3.05, 3.63) is 49.7 Å². The number of thiophene rings is 1. The van der Waals surface area contributed by atoms with Gasteiger partial charge in [-0.3, -0.25) is 14.9 Å². The number of nitrogens with zero attached hydrogens (tertiary/aromatic N) is 1. The highest BCUT2D eigenvalue weighted by atomic mass is 32.1. The molecule has 1 fully saturated rings. The molecule has 1 amide bonds. The number of benzene rings is 1. The predicted molar refractivity (Wildman–Crippen MR) is 106 cm³/mol. The van der Waals surface area contributed by atoms with E-state index < -0.39 is 4.92 Å². The second-order valence-electron chi connectivity index (χ2n) is 7.34. The van der Waals surface area contributed by atoms with Gasteiger partial charge in [-0.05, 0) is 37.5 Å². The summed E-state index contributed by atoms with van der Waals surface area (Å²) in [4.78, 5) is 24.1. The molecule has 2 aromatic rings. The Bertz CT molecular complexity index is 917. The van der Waals surface area contributed by atoms with Crippen molar-refractivity contribution in [3.8, 4) is 11.5 Å². The van der Waals surface area contributed by atoms with Crippen LogP contribution in [0.2, 0.25) is 0 Å². The van der Waals surface area contributed by atoms with Gasteiger partial charge in [0, 0.05) is 18.0 Å². The van der Waals surface area contributed by atoms with Crippen molar-refractivity contribution in [1.29, 1.82) is 0 Å². The lowest BCUT2D eigenvalue weighted by atomic mass is 9.78. The summed E-state index contributed by atoms with van der Waals surface area (Å²) in [5.41, 5.74) is 0.990. The van der Waals surface area contributed by atoms with Crippen molar-refractivity contribution in [1.82, 2.24) is 5.32 Å². The average Bonchev–Trinajstić information content (AvgIpc) is 3.33. The highest BCUT2D eigenvalue weighted by Crippen LogP contribution is 2.44. The largest absolute Gasteiger partial charge is 0.486 e. The second-order valence-corrected chi connectivity index (χ2v) is 8.59. The third kappa shape index (κ3) is 3.44. The Balaban J connectivity index is 1.53. The van der Waals surface area contributed by atoms with E-state index in [4.69, 9.17) is 9.47 Å². The van der Waals surface area contributed by atoms with E-state index in [1.807, 2.05) is 12.1 Å². The van der Waals surface area contributed by atoms with E-state index in [2.05, 4.69) is 11.4 Å². The quantitative estimate of drug-likeness (QED) is 0.603. The van der Waals surface area contributed by atoms with Crippen LogP contribution in [-0.4, -0.2) is 30.6 Å². The number of ether oxygens (including phenoxy) is 2. The number of amides is 1. The fourth-order valence-electron chi connectivity index (χ4n) is 4.09. The van der Waals surface area contributed by atoms with E-state index in [-0.39, 0.29) is 17.0 Å². The summed E-state index contributed by atoms with van der Waals surface area (Å²) < 4.78 is 11.3. The first-order chi connectivity index (χ1) is 13.5. The number of fused-ring (bicyclic) bond motifs is 1. The summed E-state index contributed by atoms with van der Waals surface area (Å²) in [6.45, 7) is 3.25. The summed E-state index contributed by atoms with van der Waals surface area (Å²) in [6, 6.07) is 7.40. The molecule has 0 radical (unpaired) electrons. The summed E-state index contributed by atoms with van der Waals surface area (Å²) in [5.74, 6) is 1.25. The SMILES string of the molecule is Cc1sc(C(=O)NCC2(c3ccc4c(c3)OCCO4)CCCC2)cc1[N+](=O)[O-]. The fraction of sp³-hybridized carbons (Fsp3) is 0.450. The van der Waals surface area contributed by atoms with Crippen molar-refractivity contribution >= 4 is 22.9 Å².